The smallest absolute Gasteiger partial charge is 0.257 e. The molecule has 3 amide bonds. The van der Waals surface area contributed by atoms with E-state index in [9.17, 15) is 14.4 Å². The van der Waals surface area contributed by atoms with Crippen LogP contribution in [0.25, 0.3) is 0 Å². The highest BCUT2D eigenvalue weighted by Crippen LogP contribution is 2.26. The number of para-hydroxylation sites is 1. The van der Waals surface area contributed by atoms with E-state index in [0.29, 0.717) is 35.5 Å². The summed E-state index contributed by atoms with van der Waals surface area (Å²) in [5.41, 5.74) is 2.18. The molecule has 2 aromatic carbocycles. The van der Waals surface area contributed by atoms with Crippen LogP contribution in [0.4, 0.5) is 11.4 Å². The van der Waals surface area contributed by atoms with Crippen LogP contribution in [0.15, 0.2) is 48.5 Å². The van der Waals surface area contributed by atoms with Gasteiger partial charge in [0.15, 0.2) is 0 Å². The Morgan fingerprint density at radius 3 is 2.36 bits per heavy atom. The van der Waals surface area contributed by atoms with Gasteiger partial charge in [-0.3, -0.25) is 14.4 Å². The highest BCUT2D eigenvalue weighted by atomic mass is 16.2. The summed E-state index contributed by atoms with van der Waals surface area (Å²) >= 11 is 0. The first-order valence-corrected chi connectivity index (χ1v) is 8.13. The van der Waals surface area contributed by atoms with E-state index in [0.717, 1.165) is 6.42 Å². The third kappa shape index (κ3) is 3.52. The monoisotopic (exact) mass is 337 g/mol. The largest absolute Gasteiger partial charge is 0.355 e. The van der Waals surface area contributed by atoms with Gasteiger partial charge in [-0.15, -0.1) is 0 Å². The van der Waals surface area contributed by atoms with E-state index in [1.54, 1.807) is 54.4 Å². The van der Waals surface area contributed by atoms with E-state index in [4.69, 9.17) is 0 Å². The molecule has 6 heteroatoms. The molecule has 3 rings (SSSR count). The second-order valence-electron chi connectivity index (χ2n) is 5.78. The first kappa shape index (κ1) is 16.7. The van der Waals surface area contributed by atoms with Crippen molar-refractivity contribution in [1.29, 1.82) is 0 Å². The van der Waals surface area contributed by atoms with Crippen LogP contribution in [0.1, 0.15) is 33.6 Å². The van der Waals surface area contributed by atoms with Gasteiger partial charge >= 0.3 is 0 Å². The fourth-order valence-electron chi connectivity index (χ4n) is 2.85. The summed E-state index contributed by atoms with van der Waals surface area (Å²) < 4.78 is 0. The Morgan fingerprint density at radius 1 is 1.00 bits per heavy atom. The number of hydrogen-bond donors (Lipinski definition) is 2. The van der Waals surface area contributed by atoms with Gasteiger partial charge in [0.2, 0.25) is 5.91 Å². The van der Waals surface area contributed by atoms with Crippen LogP contribution < -0.4 is 15.5 Å². The molecule has 0 saturated carbocycles. The van der Waals surface area contributed by atoms with E-state index in [-0.39, 0.29) is 17.7 Å². The van der Waals surface area contributed by atoms with E-state index in [1.807, 2.05) is 6.07 Å². The first-order chi connectivity index (χ1) is 12.1. The summed E-state index contributed by atoms with van der Waals surface area (Å²) in [6.45, 7) is 0.629. The summed E-state index contributed by atoms with van der Waals surface area (Å²) in [6.07, 6.45) is 1.31. The maximum absolute atomic E-state index is 12.6. The van der Waals surface area contributed by atoms with Crippen molar-refractivity contribution in [2.24, 2.45) is 0 Å². The molecule has 0 unspecified atom stereocenters. The quantitative estimate of drug-likeness (QED) is 0.899. The molecule has 0 atom stereocenters. The zero-order chi connectivity index (χ0) is 17.8. The SMILES string of the molecule is CNC(=O)c1ccc(NC(=O)c2ccccc2N2CCCC2=O)cc1. The van der Waals surface area contributed by atoms with Crippen molar-refractivity contribution in [3.8, 4) is 0 Å². The molecule has 0 radical (unpaired) electrons. The summed E-state index contributed by atoms with van der Waals surface area (Å²) in [5.74, 6) is -0.436. The number of nitrogens with one attached hydrogen (secondary N) is 2. The van der Waals surface area contributed by atoms with Gasteiger partial charge < -0.3 is 15.5 Å². The highest BCUT2D eigenvalue weighted by Gasteiger charge is 2.25. The van der Waals surface area contributed by atoms with Gasteiger partial charge in [-0.25, -0.2) is 0 Å². The lowest BCUT2D eigenvalue weighted by Crippen LogP contribution is -2.27. The van der Waals surface area contributed by atoms with Gasteiger partial charge in [0.05, 0.1) is 11.3 Å². The van der Waals surface area contributed by atoms with Gasteiger partial charge in [-0.1, -0.05) is 12.1 Å². The van der Waals surface area contributed by atoms with E-state index in [2.05, 4.69) is 10.6 Å². The molecule has 2 aromatic rings. The minimum absolute atomic E-state index is 0.0372. The molecule has 6 nitrogen and oxygen atoms in total. The molecule has 0 aliphatic carbocycles. The molecule has 1 saturated heterocycles. The van der Waals surface area contributed by atoms with Crippen molar-refractivity contribution in [3.63, 3.8) is 0 Å². The number of benzene rings is 2. The van der Waals surface area contributed by atoms with Gasteiger partial charge in [-0.2, -0.15) is 0 Å². The Balaban J connectivity index is 1.80. The van der Waals surface area contributed by atoms with Gasteiger partial charge in [0.25, 0.3) is 11.8 Å². The second-order valence-corrected chi connectivity index (χ2v) is 5.78. The predicted molar refractivity (Wildman–Crippen MR) is 95.8 cm³/mol. The van der Waals surface area contributed by atoms with Crippen molar-refractivity contribution in [1.82, 2.24) is 5.32 Å². The number of anilines is 2. The van der Waals surface area contributed by atoms with Crippen molar-refractivity contribution in [2.45, 2.75) is 12.8 Å². The number of carbonyl (C=O) groups excluding carboxylic acids is 3. The number of nitrogens with zero attached hydrogens (tertiary/aromatic N) is 1. The minimum atomic E-state index is -0.289. The van der Waals surface area contributed by atoms with Crippen LogP contribution in [-0.4, -0.2) is 31.3 Å². The molecular weight excluding hydrogens is 318 g/mol. The van der Waals surface area contributed by atoms with E-state index < -0.39 is 0 Å². The molecule has 0 bridgehead atoms. The van der Waals surface area contributed by atoms with Crippen molar-refractivity contribution >= 4 is 29.1 Å². The topological polar surface area (TPSA) is 78.5 Å². The lowest BCUT2D eigenvalue weighted by atomic mass is 10.1. The van der Waals surface area contributed by atoms with Crippen molar-refractivity contribution in [2.75, 3.05) is 23.8 Å². The average Bonchev–Trinajstić information content (AvgIpc) is 3.07. The maximum Gasteiger partial charge on any atom is 0.257 e. The fraction of sp³-hybridized carbons (Fsp3) is 0.211. The third-order valence-electron chi connectivity index (χ3n) is 4.14. The lowest BCUT2D eigenvalue weighted by Gasteiger charge is -2.19. The first-order valence-electron chi connectivity index (χ1n) is 8.13. The second kappa shape index (κ2) is 7.17. The van der Waals surface area contributed by atoms with Gasteiger partial charge in [0.1, 0.15) is 0 Å². The third-order valence-corrected chi connectivity index (χ3v) is 4.14. The average molecular weight is 337 g/mol. The Hall–Kier alpha value is -3.15. The molecule has 1 aliphatic rings. The number of hydrogen-bond acceptors (Lipinski definition) is 3. The molecule has 128 valence electrons. The molecular formula is C19H19N3O3. The van der Waals surface area contributed by atoms with Crippen LogP contribution in [0.2, 0.25) is 0 Å². The molecule has 0 aromatic heterocycles. The predicted octanol–water partition coefficient (Wildman–Crippen LogP) is 2.43. The van der Waals surface area contributed by atoms with Crippen LogP contribution in [0, 0.1) is 0 Å². The normalized spacial score (nSPS) is 13.6. The summed E-state index contributed by atoms with van der Waals surface area (Å²) in [7, 11) is 1.56. The summed E-state index contributed by atoms with van der Waals surface area (Å²) in [5, 5.41) is 5.36. The number of rotatable bonds is 4. The van der Waals surface area contributed by atoms with E-state index in [1.165, 1.54) is 0 Å². The van der Waals surface area contributed by atoms with Crippen molar-refractivity contribution in [3.05, 3.63) is 59.7 Å². The highest BCUT2D eigenvalue weighted by molar-refractivity contribution is 6.11. The summed E-state index contributed by atoms with van der Waals surface area (Å²) in [4.78, 5) is 37.9. The Kier molecular flexibility index (Phi) is 4.79. The zero-order valence-electron chi connectivity index (χ0n) is 13.9. The zero-order valence-corrected chi connectivity index (χ0v) is 13.9. The minimum Gasteiger partial charge on any atom is -0.355 e. The Labute approximate surface area is 145 Å². The Morgan fingerprint density at radius 2 is 1.72 bits per heavy atom. The van der Waals surface area contributed by atoms with E-state index >= 15 is 0 Å². The van der Waals surface area contributed by atoms with Crippen LogP contribution in [0.5, 0.6) is 0 Å². The molecule has 1 aliphatic heterocycles. The lowest BCUT2D eigenvalue weighted by molar-refractivity contribution is -0.117. The Bertz CT molecular complexity index is 815. The summed E-state index contributed by atoms with van der Waals surface area (Å²) in [6, 6.07) is 13.7. The van der Waals surface area contributed by atoms with Crippen LogP contribution in [-0.2, 0) is 4.79 Å². The fourth-order valence-corrected chi connectivity index (χ4v) is 2.85. The molecule has 1 fully saturated rings. The number of amides is 3. The van der Waals surface area contributed by atoms with Gasteiger partial charge in [-0.05, 0) is 42.8 Å². The standard InChI is InChI=1S/C19H19N3O3/c1-20-18(24)13-8-10-14(11-9-13)21-19(25)15-5-2-3-6-16(15)22-12-4-7-17(22)23/h2-3,5-6,8-11H,4,7,12H2,1H3,(H,20,24)(H,21,25). The molecule has 0 spiro atoms. The molecule has 25 heavy (non-hydrogen) atoms. The molecule has 2 N–H and O–H groups in total. The number of carbonyl (C=O) groups is 3. The van der Waals surface area contributed by atoms with Gasteiger partial charge in [0, 0.05) is 31.3 Å². The van der Waals surface area contributed by atoms with Crippen LogP contribution >= 0.6 is 0 Å². The van der Waals surface area contributed by atoms with Crippen molar-refractivity contribution < 1.29 is 14.4 Å². The molecule has 1 heterocycles. The maximum atomic E-state index is 12.6. The van der Waals surface area contributed by atoms with Crippen LogP contribution in [0.3, 0.4) is 0 Å².